The smallest absolute Gasteiger partial charge is 0.203 e. The Morgan fingerprint density at radius 1 is 1.33 bits per heavy atom. The molecular formula is C17H23N3O. The molecule has 1 atom stereocenters. The Labute approximate surface area is 126 Å². The van der Waals surface area contributed by atoms with Crippen molar-refractivity contribution in [3.63, 3.8) is 0 Å². The van der Waals surface area contributed by atoms with Gasteiger partial charge in [-0.1, -0.05) is 19.1 Å². The number of benzene rings is 1. The van der Waals surface area contributed by atoms with Crippen LogP contribution >= 0.6 is 0 Å². The molecule has 0 aliphatic carbocycles. The third-order valence-electron chi connectivity index (χ3n) is 3.82. The van der Waals surface area contributed by atoms with Crippen LogP contribution < -0.4 is 10.1 Å². The van der Waals surface area contributed by atoms with Gasteiger partial charge in [0.15, 0.2) is 0 Å². The van der Waals surface area contributed by atoms with Gasteiger partial charge in [0, 0.05) is 12.7 Å². The Balaban J connectivity index is 1.86. The van der Waals surface area contributed by atoms with Gasteiger partial charge in [-0.3, -0.25) is 0 Å². The Kier molecular flexibility index (Phi) is 3.86. The van der Waals surface area contributed by atoms with Crippen molar-refractivity contribution in [3.8, 4) is 5.75 Å². The Bertz CT molecular complexity index is 601. The van der Waals surface area contributed by atoms with Gasteiger partial charge in [0.25, 0.3) is 0 Å². The van der Waals surface area contributed by atoms with Crippen molar-refractivity contribution in [3.05, 3.63) is 41.7 Å². The van der Waals surface area contributed by atoms with E-state index in [1.165, 1.54) is 5.56 Å². The molecule has 1 aliphatic rings. The second-order valence-electron chi connectivity index (χ2n) is 5.78. The lowest BCUT2D eigenvalue weighted by atomic mass is 10.0. The quantitative estimate of drug-likeness (QED) is 0.932. The number of aryl methyl sites for hydroxylation is 1. The standard InChI is InChI=1S/C17H23N3O/c1-4-14-11-20-16(9-10-18-17(20)19-14)13-5-7-15(8-6-13)21-12(2)3/h5-8,11-12,16H,4,9-10H2,1-3H3,(H,18,19). The lowest BCUT2D eigenvalue weighted by molar-refractivity contribution is 0.242. The normalized spacial score (nSPS) is 17.4. The van der Waals surface area contributed by atoms with Crippen molar-refractivity contribution in [2.45, 2.75) is 45.8 Å². The zero-order valence-corrected chi connectivity index (χ0v) is 13.0. The molecule has 3 rings (SSSR count). The first-order chi connectivity index (χ1) is 10.2. The van der Waals surface area contributed by atoms with E-state index >= 15 is 0 Å². The van der Waals surface area contributed by atoms with E-state index in [4.69, 9.17) is 4.74 Å². The molecule has 1 unspecified atom stereocenters. The van der Waals surface area contributed by atoms with Gasteiger partial charge in [-0.25, -0.2) is 4.98 Å². The maximum absolute atomic E-state index is 5.72. The van der Waals surface area contributed by atoms with E-state index in [9.17, 15) is 0 Å². The fourth-order valence-corrected chi connectivity index (χ4v) is 2.81. The van der Waals surface area contributed by atoms with Gasteiger partial charge in [-0.2, -0.15) is 0 Å². The fourth-order valence-electron chi connectivity index (χ4n) is 2.81. The molecule has 4 nitrogen and oxygen atoms in total. The van der Waals surface area contributed by atoms with Gasteiger partial charge in [-0.15, -0.1) is 0 Å². The monoisotopic (exact) mass is 285 g/mol. The summed E-state index contributed by atoms with van der Waals surface area (Å²) in [6, 6.07) is 8.83. The first kappa shape index (κ1) is 14.0. The lowest BCUT2D eigenvalue weighted by Crippen LogP contribution is -2.23. The van der Waals surface area contributed by atoms with E-state index < -0.39 is 0 Å². The van der Waals surface area contributed by atoms with Gasteiger partial charge in [0.1, 0.15) is 5.75 Å². The molecule has 2 aromatic rings. The van der Waals surface area contributed by atoms with Crippen molar-refractivity contribution >= 4 is 5.95 Å². The first-order valence-corrected chi connectivity index (χ1v) is 7.75. The van der Waals surface area contributed by atoms with E-state index in [-0.39, 0.29) is 6.10 Å². The number of aromatic nitrogens is 2. The predicted molar refractivity (Wildman–Crippen MR) is 85.1 cm³/mol. The van der Waals surface area contributed by atoms with Gasteiger partial charge < -0.3 is 14.6 Å². The minimum Gasteiger partial charge on any atom is -0.491 e. The van der Waals surface area contributed by atoms with Crippen molar-refractivity contribution in [1.29, 1.82) is 0 Å². The topological polar surface area (TPSA) is 39.1 Å². The number of nitrogens with zero attached hydrogens (tertiary/aromatic N) is 2. The van der Waals surface area contributed by atoms with Crippen LogP contribution in [0.25, 0.3) is 0 Å². The number of rotatable bonds is 4. The van der Waals surface area contributed by atoms with Crippen LogP contribution in [0.2, 0.25) is 0 Å². The van der Waals surface area contributed by atoms with Crippen molar-refractivity contribution < 1.29 is 4.74 Å². The fraction of sp³-hybridized carbons (Fsp3) is 0.471. The summed E-state index contributed by atoms with van der Waals surface area (Å²) in [5, 5.41) is 3.38. The Morgan fingerprint density at radius 2 is 2.10 bits per heavy atom. The molecule has 1 N–H and O–H groups in total. The summed E-state index contributed by atoms with van der Waals surface area (Å²) in [5.74, 6) is 1.92. The highest BCUT2D eigenvalue weighted by molar-refractivity contribution is 5.37. The predicted octanol–water partition coefficient (Wildman–Crippen LogP) is 3.64. The molecule has 0 amide bonds. The molecular weight excluding hydrogens is 262 g/mol. The van der Waals surface area contributed by atoms with Crippen LogP contribution in [0.5, 0.6) is 5.75 Å². The molecule has 21 heavy (non-hydrogen) atoms. The minimum absolute atomic E-state index is 0.210. The third-order valence-corrected chi connectivity index (χ3v) is 3.82. The van der Waals surface area contributed by atoms with Gasteiger partial charge in [-0.05, 0) is 44.4 Å². The second-order valence-corrected chi connectivity index (χ2v) is 5.78. The molecule has 1 aromatic carbocycles. The van der Waals surface area contributed by atoms with Crippen LogP contribution in [0.4, 0.5) is 5.95 Å². The second kappa shape index (κ2) is 5.80. The largest absolute Gasteiger partial charge is 0.491 e. The molecule has 0 fully saturated rings. The number of anilines is 1. The number of hydrogen-bond donors (Lipinski definition) is 1. The zero-order valence-electron chi connectivity index (χ0n) is 13.0. The number of ether oxygens (including phenoxy) is 1. The molecule has 0 saturated carbocycles. The van der Waals surface area contributed by atoms with Crippen molar-refractivity contribution in [1.82, 2.24) is 9.55 Å². The van der Waals surface area contributed by atoms with Gasteiger partial charge in [0.05, 0.1) is 17.8 Å². The summed E-state index contributed by atoms with van der Waals surface area (Å²) in [4.78, 5) is 4.63. The summed E-state index contributed by atoms with van der Waals surface area (Å²) in [7, 11) is 0. The summed E-state index contributed by atoms with van der Waals surface area (Å²) in [5.41, 5.74) is 2.46. The minimum atomic E-state index is 0.210. The van der Waals surface area contributed by atoms with E-state index in [1.807, 2.05) is 13.8 Å². The van der Waals surface area contributed by atoms with Crippen molar-refractivity contribution in [2.75, 3.05) is 11.9 Å². The number of imidazole rings is 1. The molecule has 4 heteroatoms. The van der Waals surface area contributed by atoms with Crippen LogP contribution in [0, 0.1) is 0 Å². The maximum Gasteiger partial charge on any atom is 0.203 e. The third kappa shape index (κ3) is 2.89. The Morgan fingerprint density at radius 3 is 2.76 bits per heavy atom. The summed E-state index contributed by atoms with van der Waals surface area (Å²) < 4.78 is 7.98. The van der Waals surface area contributed by atoms with E-state index in [0.717, 1.165) is 36.8 Å². The van der Waals surface area contributed by atoms with Gasteiger partial charge in [0.2, 0.25) is 5.95 Å². The molecule has 0 spiro atoms. The number of nitrogens with one attached hydrogen (secondary N) is 1. The summed E-state index contributed by atoms with van der Waals surface area (Å²) in [6.07, 6.45) is 4.43. The van der Waals surface area contributed by atoms with Gasteiger partial charge >= 0.3 is 0 Å². The highest BCUT2D eigenvalue weighted by Gasteiger charge is 2.22. The summed E-state index contributed by atoms with van der Waals surface area (Å²) in [6.45, 7) is 7.20. The first-order valence-electron chi connectivity index (χ1n) is 7.75. The number of hydrogen-bond acceptors (Lipinski definition) is 3. The average molecular weight is 285 g/mol. The molecule has 0 radical (unpaired) electrons. The zero-order chi connectivity index (χ0) is 14.8. The van der Waals surface area contributed by atoms with E-state index in [0.29, 0.717) is 6.04 Å². The van der Waals surface area contributed by atoms with Crippen LogP contribution in [-0.2, 0) is 6.42 Å². The number of fused-ring (bicyclic) bond motifs is 1. The highest BCUT2D eigenvalue weighted by atomic mass is 16.5. The highest BCUT2D eigenvalue weighted by Crippen LogP contribution is 2.31. The molecule has 0 saturated heterocycles. The van der Waals surface area contributed by atoms with Crippen LogP contribution in [0.15, 0.2) is 30.5 Å². The molecule has 1 aliphatic heterocycles. The van der Waals surface area contributed by atoms with Crippen LogP contribution in [0.3, 0.4) is 0 Å². The maximum atomic E-state index is 5.72. The van der Waals surface area contributed by atoms with Crippen molar-refractivity contribution in [2.24, 2.45) is 0 Å². The SMILES string of the molecule is CCc1cn2c(n1)NCCC2c1ccc(OC(C)C)cc1. The van der Waals surface area contributed by atoms with E-state index in [1.54, 1.807) is 0 Å². The van der Waals surface area contributed by atoms with E-state index in [2.05, 4.69) is 52.3 Å². The Hall–Kier alpha value is -1.97. The molecule has 112 valence electrons. The molecule has 0 bridgehead atoms. The average Bonchev–Trinajstić information content (AvgIpc) is 2.90. The molecule has 2 heterocycles. The van der Waals surface area contributed by atoms with Crippen LogP contribution in [-0.4, -0.2) is 22.2 Å². The summed E-state index contributed by atoms with van der Waals surface area (Å²) >= 11 is 0. The lowest BCUT2D eigenvalue weighted by Gasteiger charge is -2.26. The van der Waals surface area contributed by atoms with Crippen LogP contribution in [0.1, 0.15) is 44.5 Å². The molecule has 1 aromatic heterocycles.